The molecule has 26 heavy (non-hydrogen) atoms. The average molecular weight is 382 g/mol. The third-order valence-electron chi connectivity index (χ3n) is 3.85. The van der Waals surface area contributed by atoms with Crippen molar-refractivity contribution in [3.05, 3.63) is 82.6 Å². The van der Waals surface area contributed by atoms with Crippen LogP contribution in [0.3, 0.4) is 0 Å². The quantitative estimate of drug-likeness (QED) is 0.446. The molecule has 0 spiro atoms. The van der Waals surface area contributed by atoms with Crippen LogP contribution in [0.1, 0.15) is 11.3 Å². The number of nitrogens with zero attached hydrogens (tertiary/aromatic N) is 4. The van der Waals surface area contributed by atoms with Crippen molar-refractivity contribution in [2.75, 3.05) is 0 Å². The third kappa shape index (κ3) is 3.68. The Balaban J connectivity index is 1.70. The number of benzene rings is 2. The summed E-state index contributed by atoms with van der Waals surface area (Å²) < 4.78 is 16.3. The Morgan fingerprint density at radius 2 is 1.81 bits per heavy atom. The van der Waals surface area contributed by atoms with Gasteiger partial charge in [-0.15, -0.1) is 21.5 Å². The van der Waals surface area contributed by atoms with Crippen molar-refractivity contribution >= 4 is 23.1 Å². The second-order valence-electron chi connectivity index (χ2n) is 5.63. The van der Waals surface area contributed by atoms with Crippen LogP contribution in [0.15, 0.2) is 70.6 Å². The maximum Gasteiger partial charge on any atom is 0.192 e. The molecule has 0 aliphatic heterocycles. The summed E-state index contributed by atoms with van der Waals surface area (Å²) in [4.78, 5) is 4.30. The second-order valence-corrected chi connectivity index (χ2v) is 7.29. The summed E-state index contributed by atoms with van der Waals surface area (Å²) in [5.41, 5.74) is 4.38. The minimum atomic E-state index is -0.301. The molecule has 0 bridgehead atoms. The Morgan fingerprint density at radius 3 is 2.58 bits per heavy atom. The predicted octanol–water partition coefficient (Wildman–Crippen LogP) is 4.88. The number of halogens is 1. The Kier molecular flexibility index (Phi) is 5.08. The first kappa shape index (κ1) is 16.9. The summed E-state index contributed by atoms with van der Waals surface area (Å²) in [6, 6.07) is 16.7. The van der Waals surface area contributed by atoms with Gasteiger partial charge >= 0.3 is 0 Å². The molecule has 0 fully saturated rings. The Hall–Kier alpha value is -2.51. The fraction of sp³-hybridized carbons (Fsp3) is 0.105. The van der Waals surface area contributed by atoms with Crippen LogP contribution in [-0.2, 0) is 12.3 Å². The predicted molar refractivity (Wildman–Crippen MR) is 103 cm³/mol. The van der Waals surface area contributed by atoms with Crippen LogP contribution < -0.4 is 0 Å². The number of thioether (sulfide) groups is 1. The van der Waals surface area contributed by atoms with Gasteiger partial charge in [0.1, 0.15) is 5.82 Å². The lowest BCUT2D eigenvalue weighted by Crippen LogP contribution is -2.05. The molecule has 2 aromatic heterocycles. The monoisotopic (exact) mass is 382 g/mol. The molecule has 0 radical (unpaired) electrons. The molecule has 0 saturated carbocycles. The molecule has 0 atom stereocenters. The fourth-order valence-corrected chi connectivity index (χ4v) is 4.10. The molecule has 0 saturated heterocycles. The summed E-state index contributed by atoms with van der Waals surface area (Å²) in [5.74, 6) is 0.936. The standard InChI is InChI=1S/C19H15FN4S2/c20-17-9-5-4-8-16(17)18-22-23-19(26-12-15-11-25-13-21-15)24(18)10-14-6-2-1-3-7-14/h1-9,11,13H,10,12H2. The highest BCUT2D eigenvalue weighted by Gasteiger charge is 2.17. The molecule has 2 aromatic carbocycles. The lowest BCUT2D eigenvalue weighted by molar-refractivity contribution is 0.626. The van der Waals surface area contributed by atoms with Crippen LogP contribution in [0.5, 0.6) is 0 Å². The van der Waals surface area contributed by atoms with Gasteiger partial charge < -0.3 is 0 Å². The van der Waals surface area contributed by atoms with E-state index in [-0.39, 0.29) is 5.82 Å². The van der Waals surface area contributed by atoms with Gasteiger partial charge in [-0.3, -0.25) is 4.57 Å². The SMILES string of the molecule is Fc1ccccc1-c1nnc(SCc2cscn2)n1Cc1ccccc1. The van der Waals surface area contributed by atoms with Gasteiger partial charge in [-0.1, -0.05) is 54.2 Å². The average Bonchev–Trinajstić information content (AvgIpc) is 3.32. The van der Waals surface area contributed by atoms with Crippen molar-refractivity contribution in [1.82, 2.24) is 19.7 Å². The first-order valence-electron chi connectivity index (χ1n) is 8.03. The zero-order valence-electron chi connectivity index (χ0n) is 13.7. The zero-order valence-corrected chi connectivity index (χ0v) is 15.4. The van der Waals surface area contributed by atoms with Crippen LogP contribution in [0.2, 0.25) is 0 Å². The second kappa shape index (κ2) is 7.80. The van der Waals surface area contributed by atoms with E-state index >= 15 is 0 Å². The summed E-state index contributed by atoms with van der Waals surface area (Å²) in [5, 5.41) is 11.4. The molecule has 0 aliphatic carbocycles. The molecule has 4 nitrogen and oxygen atoms in total. The summed E-state index contributed by atoms with van der Waals surface area (Å²) in [7, 11) is 0. The van der Waals surface area contributed by atoms with E-state index in [0.717, 1.165) is 16.4 Å². The van der Waals surface area contributed by atoms with E-state index in [4.69, 9.17) is 0 Å². The molecule has 7 heteroatoms. The Labute approximate surface area is 158 Å². The van der Waals surface area contributed by atoms with Crippen molar-refractivity contribution in [2.45, 2.75) is 17.5 Å². The van der Waals surface area contributed by atoms with Crippen molar-refractivity contribution in [1.29, 1.82) is 0 Å². The largest absolute Gasteiger partial charge is 0.297 e. The first-order valence-corrected chi connectivity index (χ1v) is 9.96. The number of hydrogen-bond acceptors (Lipinski definition) is 5. The van der Waals surface area contributed by atoms with E-state index in [0.29, 0.717) is 23.7 Å². The highest BCUT2D eigenvalue weighted by molar-refractivity contribution is 7.98. The third-order valence-corrected chi connectivity index (χ3v) is 5.48. The molecule has 4 aromatic rings. The fourth-order valence-electron chi connectivity index (χ4n) is 2.59. The van der Waals surface area contributed by atoms with Crippen LogP contribution in [-0.4, -0.2) is 19.7 Å². The molecule has 0 unspecified atom stereocenters. The lowest BCUT2D eigenvalue weighted by Gasteiger charge is -2.10. The van der Waals surface area contributed by atoms with E-state index in [1.54, 1.807) is 35.2 Å². The molecule has 130 valence electrons. The van der Waals surface area contributed by atoms with Gasteiger partial charge in [0.15, 0.2) is 11.0 Å². The Bertz CT molecular complexity index is 984. The van der Waals surface area contributed by atoms with Gasteiger partial charge in [0.25, 0.3) is 0 Å². The van der Waals surface area contributed by atoms with Gasteiger partial charge in [0, 0.05) is 11.1 Å². The Morgan fingerprint density at radius 1 is 1.00 bits per heavy atom. The lowest BCUT2D eigenvalue weighted by atomic mass is 10.2. The van der Waals surface area contributed by atoms with Crippen molar-refractivity contribution in [3.63, 3.8) is 0 Å². The van der Waals surface area contributed by atoms with Gasteiger partial charge in [0.2, 0.25) is 0 Å². The molecule has 0 N–H and O–H groups in total. The normalized spacial score (nSPS) is 11.0. The van der Waals surface area contributed by atoms with Crippen molar-refractivity contribution < 1.29 is 4.39 Å². The topological polar surface area (TPSA) is 43.6 Å². The van der Waals surface area contributed by atoms with Crippen molar-refractivity contribution in [2.24, 2.45) is 0 Å². The minimum absolute atomic E-state index is 0.301. The first-order chi connectivity index (χ1) is 12.8. The van der Waals surface area contributed by atoms with Crippen LogP contribution in [0, 0.1) is 5.82 Å². The number of thiazole rings is 1. The molecular weight excluding hydrogens is 367 g/mol. The highest BCUT2D eigenvalue weighted by Crippen LogP contribution is 2.28. The molecule has 4 rings (SSSR count). The maximum absolute atomic E-state index is 14.3. The smallest absolute Gasteiger partial charge is 0.192 e. The highest BCUT2D eigenvalue weighted by atomic mass is 32.2. The van der Waals surface area contributed by atoms with Crippen LogP contribution >= 0.6 is 23.1 Å². The van der Waals surface area contributed by atoms with Crippen molar-refractivity contribution in [3.8, 4) is 11.4 Å². The molecular formula is C19H15FN4S2. The van der Waals surface area contributed by atoms with Crippen LogP contribution in [0.25, 0.3) is 11.4 Å². The number of aromatic nitrogens is 4. The minimum Gasteiger partial charge on any atom is -0.297 e. The van der Waals surface area contributed by atoms with E-state index < -0.39 is 0 Å². The number of rotatable bonds is 6. The summed E-state index contributed by atoms with van der Waals surface area (Å²) in [6.07, 6.45) is 0. The van der Waals surface area contributed by atoms with E-state index in [1.165, 1.54) is 6.07 Å². The van der Waals surface area contributed by atoms with Gasteiger partial charge in [-0.25, -0.2) is 9.37 Å². The van der Waals surface area contributed by atoms with Gasteiger partial charge in [-0.05, 0) is 17.7 Å². The molecule has 2 heterocycles. The summed E-state index contributed by atoms with van der Waals surface area (Å²) in [6.45, 7) is 0.580. The van der Waals surface area contributed by atoms with E-state index in [2.05, 4.69) is 15.2 Å². The maximum atomic E-state index is 14.3. The summed E-state index contributed by atoms with van der Waals surface area (Å²) >= 11 is 3.13. The van der Waals surface area contributed by atoms with E-state index in [1.807, 2.05) is 51.9 Å². The number of hydrogen-bond donors (Lipinski definition) is 0. The zero-order chi connectivity index (χ0) is 17.8. The molecule has 0 aliphatic rings. The van der Waals surface area contributed by atoms with Crippen LogP contribution in [0.4, 0.5) is 4.39 Å². The van der Waals surface area contributed by atoms with E-state index in [9.17, 15) is 4.39 Å². The molecule has 0 amide bonds. The van der Waals surface area contributed by atoms with Gasteiger partial charge in [-0.2, -0.15) is 0 Å². The van der Waals surface area contributed by atoms with Gasteiger partial charge in [0.05, 0.1) is 23.3 Å².